The molecule has 0 heterocycles. The molecule has 1 aromatic rings. The maximum Gasteiger partial charge on any atom is 0.173 e. The zero-order chi connectivity index (χ0) is 11.6. The van der Waals surface area contributed by atoms with Crippen LogP contribution in [0.25, 0.3) is 0 Å². The first-order valence-corrected chi connectivity index (χ1v) is 4.85. The first kappa shape index (κ1) is 12.1. The number of carbonyl (C=O) groups is 1. The van der Waals surface area contributed by atoms with E-state index in [0.29, 0.717) is 0 Å². The highest BCUT2D eigenvalue weighted by atomic mass is 35.5. The fraction of sp³-hybridized carbons (Fsp3) is 0.364. The second-order valence-electron chi connectivity index (χ2n) is 3.77. The van der Waals surface area contributed by atoms with Gasteiger partial charge in [-0.05, 0) is 26.0 Å². The molecule has 1 nitrogen and oxygen atoms in total. The lowest BCUT2D eigenvalue weighted by Gasteiger charge is -2.13. The molecule has 4 heteroatoms. The number of benzene rings is 1. The van der Waals surface area contributed by atoms with Crippen LogP contribution in [0.5, 0.6) is 0 Å². The van der Waals surface area contributed by atoms with E-state index >= 15 is 0 Å². The van der Waals surface area contributed by atoms with Gasteiger partial charge < -0.3 is 0 Å². The highest BCUT2D eigenvalue weighted by Gasteiger charge is 2.27. The van der Waals surface area contributed by atoms with Gasteiger partial charge >= 0.3 is 0 Å². The predicted octanol–water partition coefficient (Wildman–Crippen LogP) is 3.34. The molecule has 1 aromatic carbocycles. The number of ketones is 1. The van der Waals surface area contributed by atoms with E-state index in [2.05, 4.69) is 0 Å². The van der Waals surface area contributed by atoms with Crippen LogP contribution in [-0.2, 0) is 11.2 Å². The Labute approximate surface area is 92.1 Å². The van der Waals surface area contributed by atoms with Crippen LogP contribution in [0.15, 0.2) is 18.2 Å². The van der Waals surface area contributed by atoms with Crippen molar-refractivity contribution in [2.24, 2.45) is 0 Å². The van der Waals surface area contributed by atoms with E-state index in [-0.39, 0.29) is 17.0 Å². The van der Waals surface area contributed by atoms with Gasteiger partial charge in [-0.25, -0.2) is 8.78 Å². The van der Waals surface area contributed by atoms with Crippen molar-refractivity contribution < 1.29 is 13.6 Å². The summed E-state index contributed by atoms with van der Waals surface area (Å²) in [4.78, 5) is 11.3. The minimum Gasteiger partial charge on any atom is -0.296 e. The Hall–Kier alpha value is -0.960. The molecule has 0 unspecified atom stereocenters. The fourth-order valence-corrected chi connectivity index (χ4v) is 1.30. The maximum absolute atomic E-state index is 13.2. The van der Waals surface area contributed by atoms with Crippen molar-refractivity contribution in [1.82, 2.24) is 0 Å². The van der Waals surface area contributed by atoms with E-state index in [9.17, 15) is 13.6 Å². The fourth-order valence-electron chi connectivity index (χ4n) is 1.07. The zero-order valence-corrected chi connectivity index (χ0v) is 9.24. The van der Waals surface area contributed by atoms with Gasteiger partial charge in [0.2, 0.25) is 0 Å². The minimum atomic E-state index is -1.97. The van der Waals surface area contributed by atoms with Crippen LogP contribution >= 0.6 is 11.6 Å². The van der Waals surface area contributed by atoms with Crippen molar-refractivity contribution in [3.8, 4) is 0 Å². The Morgan fingerprint density at radius 2 is 2.07 bits per heavy atom. The third-order valence-corrected chi connectivity index (χ3v) is 2.42. The molecule has 0 aliphatic carbocycles. The van der Waals surface area contributed by atoms with Gasteiger partial charge in [-0.2, -0.15) is 0 Å². The first-order valence-electron chi connectivity index (χ1n) is 4.47. The van der Waals surface area contributed by atoms with Crippen molar-refractivity contribution in [3.63, 3.8) is 0 Å². The smallest absolute Gasteiger partial charge is 0.173 e. The average Bonchev–Trinajstić information content (AvgIpc) is 2.09. The van der Waals surface area contributed by atoms with Crippen LogP contribution in [0.4, 0.5) is 8.78 Å². The number of carbonyl (C=O) groups excluding carboxylic acids is 1. The molecule has 0 N–H and O–H groups in total. The molecule has 0 saturated heterocycles. The Morgan fingerprint density at radius 1 is 1.47 bits per heavy atom. The number of rotatable bonds is 3. The van der Waals surface area contributed by atoms with Gasteiger partial charge in [0, 0.05) is 17.0 Å². The molecule has 0 aromatic heterocycles. The van der Waals surface area contributed by atoms with E-state index < -0.39 is 17.3 Å². The first-order chi connectivity index (χ1) is 6.82. The Morgan fingerprint density at radius 3 is 2.53 bits per heavy atom. The molecule has 1 rings (SSSR count). The minimum absolute atomic E-state index is 0.0508. The zero-order valence-electron chi connectivity index (χ0n) is 8.48. The van der Waals surface area contributed by atoms with Crippen molar-refractivity contribution in [2.75, 3.05) is 0 Å². The summed E-state index contributed by atoms with van der Waals surface area (Å²) in [6.07, 6.45) is -0.324. The second kappa shape index (κ2) is 4.27. The molecule has 0 atom stereocenters. The summed E-state index contributed by atoms with van der Waals surface area (Å²) in [6, 6.07) is 4.10. The SMILES string of the molecule is CC(C)(F)C(=O)Cc1c(F)cccc1Cl. The summed E-state index contributed by atoms with van der Waals surface area (Å²) in [7, 11) is 0. The van der Waals surface area contributed by atoms with Crippen LogP contribution in [0, 0.1) is 5.82 Å². The number of halogens is 3. The monoisotopic (exact) mass is 232 g/mol. The molecule has 0 aliphatic heterocycles. The van der Waals surface area contributed by atoms with Gasteiger partial charge in [-0.3, -0.25) is 4.79 Å². The third kappa shape index (κ3) is 2.99. The standard InChI is InChI=1S/C11H11ClF2O/c1-11(2,14)10(15)6-7-8(12)4-3-5-9(7)13/h3-5H,6H2,1-2H3. The van der Waals surface area contributed by atoms with Crippen LogP contribution in [0.3, 0.4) is 0 Å². The van der Waals surface area contributed by atoms with Crippen molar-refractivity contribution in [1.29, 1.82) is 0 Å². The number of alkyl halides is 1. The molecular formula is C11H11ClF2O. The Kier molecular flexibility index (Phi) is 3.45. The van der Waals surface area contributed by atoms with Gasteiger partial charge in [0.1, 0.15) is 5.82 Å². The lowest BCUT2D eigenvalue weighted by molar-refractivity contribution is -0.127. The molecule has 0 aliphatic rings. The summed E-state index contributed by atoms with van der Waals surface area (Å²) < 4.78 is 26.5. The van der Waals surface area contributed by atoms with Gasteiger partial charge in [-0.15, -0.1) is 0 Å². The summed E-state index contributed by atoms with van der Waals surface area (Å²) >= 11 is 5.71. The van der Waals surface area contributed by atoms with Gasteiger partial charge in [0.25, 0.3) is 0 Å². The summed E-state index contributed by atoms with van der Waals surface area (Å²) in [6.45, 7) is 2.29. The highest BCUT2D eigenvalue weighted by Crippen LogP contribution is 2.22. The second-order valence-corrected chi connectivity index (χ2v) is 4.18. The van der Waals surface area contributed by atoms with Gasteiger partial charge in [0.15, 0.2) is 11.5 Å². The number of hydrogen-bond acceptors (Lipinski definition) is 1. The van der Waals surface area contributed by atoms with Crippen LogP contribution in [0.2, 0.25) is 5.02 Å². The largest absolute Gasteiger partial charge is 0.296 e. The van der Waals surface area contributed by atoms with Crippen molar-refractivity contribution >= 4 is 17.4 Å². The molecule has 0 amide bonds. The summed E-state index contributed by atoms with van der Waals surface area (Å²) in [5.41, 5.74) is -1.92. The lowest BCUT2D eigenvalue weighted by Crippen LogP contribution is -2.28. The highest BCUT2D eigenvalue weighted by molar-refractivity contribution is 6.31. The summed E-state index contributed by atoms with van der Waals surface area (Å²) in [5.74, 6) is -1.27. The van der Waals surface area contributed by atoms with Crippen molar-refractivity contribution in [2.45, 2.75) is 25.9 Å². The number of hydrogen-bond donors (Lipinski definition) is 0. The van der Waals surface area contributed by atoms with E-state index in [0.717, 1.165) is 13.8 Å². The van der Waals surface area contributed by atoms with Crippen molar-refractivity contribution in [3.05, 3.63) is 34.6 Å². The van der Waals surface area contributed by atoms with E-state index in [1.807, 2.05) is 0 Å². The topological polar surface area (TPSA) is 17.1 Å². The van der Waals surface area contributed by atoms with E-state index in [1.165, 1.54) is 18.2 Å². The average molecular weight is 233 g/mol. The molecule has 0 bridgehead atoms. The molecule has 0 saturated carbocycles. The van der Waals surface area contributed by atoms with Crippen LogP contribution < -0.4 is 0 Å². The summed E-state index contributed by atoms with van der Waals surface area (Å²) in [5, 5.41) is 0.146. The molecule has 82 valence electrons. The Bertz CT molecular complexity index is 362. The van der Waals surface area contributed by atoms with Gasteiger partial charge in [-0.1, -0.05) is 17.7 Å². The molecular weight excluding hydrogens is 222 g/mol. The maximum atomic E-state index is 13.2. The van der Waals surface area contributed by atoms with Crippen LogP contribution in [-0.4, -0.2) is 11.5 Å². The predicted molar refractivity (Wildman–Crippen MR) is 55.3 cm³/mol. The van der Waals surface area contributed by atoms with E-state index in [4.69, 9.17) is 11.6 Å². The Balaban J connectivity index is 2.95. The van der Waals surface area contributed by atoms with E-state index in [1.54, 1.807) is 0 Å². The quantitative estimate of drug-likeness (QED) is 0.781. The molecule has 0 radical (unpaired) electrons. The van der Waals surface area contributed by atoms with Gasteiger partial charge in [0.05, 0.1) is 0 Å². The van der Waals surface area contributed by atoms with Crippen LogP contribution in [0.1, 0.15) is 19.4 Å². The normalized spacial score (nSPS) is 11.5. The molecule has 0 spiro atoms. The molecule has 0 fully saturated rings. The lowest BCUT2D eigenvalue weighted by atomic mass is 9.98. The third-order valence-electron chi connectivity index (χ3n) is 2.06. The number of Topliss-reactive ketones (excluding diaryl/α,β-unsaturated/α-hetero) is 1. The molecule has 15 heavy (non-hydrogen) atoms.